The first kappa shape index (κ1) is 22.9. The fourth-order valence-corrected chi connectivity index (χ4v) is 2.76. The van der Waals surface area contributed by atoms with Crippen LogP contribution >= 0.6 is 24.0 Å². The number of rotatable bonds is 8. The van der Waals surface area contributed by atoms with Crippen LogP contribution in [0.25, 0.3) is 5.65 Å². The maximum Gasteiger partial charge on any atom is 0.191 e. The highest BCUT2D eigenvalue weighted by atomic mass is 127. The number of guanidine groups is 1. The number of fused-ring (bicyclic) bond motifs is 1. The Hall–Kier alpha value is -2.43. The van der Waals surface area contributed by atoms with E-state index < -0.39 is 0 Å². The summed E-state index contributed by atoms with van der Waals surface area (Å²) in [6.07, 6.45) is 3.60. The molecule has 0 spiro atoms. The number of aliphatic imine (C=N–C) groups is 1. The van der Waals surface area contributed by atoms with Gasteiger partial charge in [-0.3, -0.25) is 9.39 Å². The molecule has 3 aromatic rings. The zero-order valence-electron chi connectivity index (χ0n) is 16.5. The van der Waals surface area contributed by atoms with Crippen LogP contribution < -0.4 is 15.4 Å². The molecular formula is C20H26FIN6O. The molecule has 156 valence electrons. The Morgan fingerprint density at radius 3 is 2.72 bits per heavy atom. The standard InChI is InChI=1S/C20H25FN6O.HI/c1-15(28-17-10-8-16(21)9-11-17)14-24-20(22-2)23-12-5-7-19-26-25-18-6-3-4-13-27(18)19;/h3-4,6,8-11,13,15H,5,7,12,14H2,1-2H3,(H2,22,23,24);1H. The Kier molecular flexibility index (Phi) is 9.10. The summed E-state index contributed by atoms with van der Waals surface area (Å²) < 4.78 is 20.7. The van der Waals surface area contributed by atoms with Gasteiger partial charge in [0.05, 0.1) is 6.54 Å². The smallest absolute Gasteiger partial charge is 0.191 e. The van der Waals surface area contributed by atoms with Gasteiger partial charge in [0.1, 0.15) is 23.5 Å². The van der Waals surface area contributed by atoms with Crippen LogP contribution in [-0.4, -0.2) is 46.8 Å². The summed E-state index contributed by atoms with van der Waals surface area (Å²) in [5.41, 5.74) is 0.859. The molecule has 0 bridgehead atoms. The van der Waals surface area contributed by atoms with Crippen molar-refractivity contribution < 1.29 is 9.13 Å². The van der Waals surface area contributed by atoms with Crippen LogP contribution in [-0.2, 0) is 6.42 Å². The molecule has 3 rings (SSSR count). The number of aromatic nitrogens is 3. The van der Waals surface area contributed by atoms with Crippen molar-refractivity contribution in [2.75, 3.05) is 20.1 Å². The van der Waals surface area contributed by atoms with Crippen molar-refractivity contribution in [3.63, 3.8) is 0 Å². The third-order valence-corrected chi connectivity index (χ3v) is 4.19. The van der Waals surface area contributed by atoms with Crippen molar-refractivity contribution in [3.05, 3.63) is 60.3 Å². The highest BCUT2D eigenvalue weighted by Crippen LogP contribution is 2.12. The number of hydrogen-bond donors (Lipinski definition) is 2. The van der Waals surface area contributed by atoms with E-state index in [2.05, 4.69) is 25.8 Å². The Bertz CT molecular complexity index is 915. The first-order chi connectivity index (χ1) is 13.7. The Morgan fingerprint density at radius 1 is 1.17 bits per heavy atom. The number of aryl methyl sites for hydroxylation is 1. The van der Waals surface area contributed by atoms with Gasteiger partial charge in [-0.1, -0.05) is 6.07 Å². The molecule has 1 unspecified atom stereocenters. The minimum Gasteiger partial charge on any atom is -0.489 e. The highest BCUT2D eigenvalue weighted by molar-refractivity contribution is 14.0. The summed E-state index contributed by atoms with van der Waals surface area (Å²) in [5, 5.41) is 14.9. The summed E-state index contributed by atoms with van der Waals surface area (Å²) in [6, 6.07) is 11.9. The average molecular weight is 512 g/mol. The molecule has 7 nitrogen and oxygen atoms in total. The SMILES string of the molecule is CN=C(NCCCc1nnc2ccccn12)NCC(C)Oc1ccc(F)cc1.I. The third-order valence-electron chi connectivity index (χ3n) is 4.19. The van der Waals surface area contributed by atoms with Gasteiger partial charge in [-0.15, -0.1) is 34.2 Å². The lowest BCUT2D eigenvalue weighted by atomic mass is 10.3. The number of nitrogens with one attached hydrogen (secondary N) is 2. The molecule has 0 aliphatic carbocycles. The van der Waals surface area contributed by atoms with E-state index in [-0.39, 0.29) is 35.9 Å². The largest absolute Gasteiger partial charge is 0.489 e. The van der Waals surface area contributed by atoms with Crippen molar-refractivity contribution >= 4 is 35.6 Å². The van der Waals surface area contributed by atoms with Crippen molar-refractivity contribution in [1.82, 2.24) is 25.2 Å². The molecule has 0 saturated heterocycles. The highest BCUT2D eigenvalue weighted by Gasteiger charge is 2.07. The van der Waals surface area contributed by atoms with Crippen LogP contribution in [0.4, 0.5) is 4.39 Å². The van der Waals surface area contributed by atoms with E-state index >= 15 is 0 Å². The van der Waals surface area contributed by atoms with Crippen LogP contribution in [0, 0.1) is 5.82 Å². The summed E-state index contributed by atoms with van der Waals surface area (Å²) in [4.78, 5) is 4.22. The number of benzene rings is 1. The first-order valence-electron chi connectivity index (χ1n) is 9.31. The van der Waals surface area contributed by atoms with Crippen molar-refractivity contribution in [2.45, 2.75) is 25.9 Å². The predicted molar refractivity (Wildman–Crippen MR) is 123 cm³/mol. The van der Waals surface area contributed by atoms with Gasteiger partial charge >= 0.3 is 0 Å². The summed E-state index contributed by atoms with van der Waals surface area (Å²) in [6.45, 7) is 3.28. The molecule has 0 aliphatic rings. The average Bonchev–Trinajstić information content (AvgIpc) is 3.12. The van der Waals surface area contributed by atoms with Crippen molar-refractivity contribution in [3.8, 4) is 5.75 Å². The van der Waals surface area contributed by atoms with Gasteiger partial charge < -0.3 is 15.4 Å². The zero-order chi connectivity index (χ0) is 19.8. The molecule has 2 N–H and O–H groups in total. The van der Waals surface area contributed by atoms with E-state index in [1.165, 1.54) is 12.1 Å². The Balaban J connectivity index is 0.00000300. The van der Waals surface area contributed by atoms with Gasteiger partial charge in [0.2, 0.25) is 0 Å². The topological polar surface area (TPSA) is 75.8 Å². The molecule has 0 amide bonds. The van der Waals surface area contributed by atoms with Gasteiger partial charge in [-0.2, -0.15) is 0 Å². The van der Waals surface area contributed by atoms with Gasteiger partial charge in [0.25, 0.3) is 0 Å². The molecule has 9 heteroatoms. The summed E-state index contributed by atoms with van der Waals surface area (Å²) in [5.74, 6) is 2.02. The van der Waals surface area contributed by atoms with Crippen LogP contribution in [0.1, 0.15) is 19.2 Å². The van der Waals surface area contributed by atoms with E-state index in [9.17, 15) is 4.39 Å². The zero-order valence-corrected chi connectivity index (χ0v) is 18.8. The molecule has 0 radical (unpaired) electrons. The molecule has 2 heterocycles. The summed E-state index contributed by atoms with van der Waals surface area (Å²) >= 11 is 0. The van der Waals surface area contributed by atoms with E-state index in [0.29, 0.717) is 18.3 Å². The fraction of sp³-hybridized carbons (Fsp3) is 0.350. The van der Waals surface area contributed by atoms with Crippen molar-refractivity contribution in [2.24, 2.45) is 4.99 Å². The Labute approximate surface area is 186 Å². The minimum absolute atomic E-state index is 0. The maximum atomic E-state index is 12.9. The number of hydrogen-bond acceptors (Lipinski definition) is 4. The number of halogens is 2. The quantitative estimate of drug-likeness (QED) is 0.210. The maximum absolute atomic E-state index is 12.9. The number of nitrogens with zero attached hydrogens (tertiary/aromatic N) is 4. The molecule has 0 fully saturated rings. The molecule has 0 aliphatic heterocycles. The normalized spacial score (nSPS) is 12.3. The third kappa shape index (κ3) is 6.84. The van der Waals surface area contributed by atoms with E-state index in [0.717, 1.165) is 30.9 Å². The fourth-order valence-electron chi connectivity index (χ4n) is 2.76. The van der Waals surface area contributed by atoms with E-state index in [1.54, 1.807) is 19.2 Å². The lowest BCUT2D eigenvalue weighted by molar-refractivity contribution is 0.223. The van der Waals surface area contributed by atoms with Crippen LogP contribution in [0.2, 0.25) is 0 Å². The minimum atomic E-state index is -0.276. The molecule has 1 atom stereocenters. The lowest BCUT2D eigenvalue weighted by Crippen LogP contribution is -2.42. The Morgan fingerprint density at radius 2 is 1.97 bits per heavy atom. The lowest BCUT2D eigenvalue weighted by Gasteiger charge is -2.17. The van der Waals surface area contributed by atoms with Crippen LogP contribution in [0.15, 0.2) is 53.7 Å². The van der Waals surface area contributed by atoms with Crippen LogP contribution in [0.3, 0.4) is 0 Å². The predicted octanol–water partition coefficient (Wildman–Crippen LogP) is 3.05. The van der Waals surface area contributed by atoms with Gasteiger partial charge in [0, 0.05) is 26.2 Å². The molecule has 0 saturated carbocycles. The van der Waals surface area contributed by atoms with Gasteiger partial charge in [-0.25, -0.2) is 4.39 Å². The second-order valence-corrected chi connectivity index (χ2v) is 6.41. The van der Waals surface area contributed by atoms with Crippen molar-refractivity contribution in [1.29, 1.82) is 0 Å². The van der Waals surface area contributed by atoms with E-state index in [4.69, 9.17) is 4.74 Å². The second kappa shape index (κ2) is 11.5. The summed E-state index contributed by atoms with van der Waals surface area (Å²) in [7, 11) is 1.73. The van der Waals surface area contributed by atoms with Gasteiger partial charge in [-0.05, 0) is 49.7 Å². The monoisotopic (exact) mass is 512 g/mol. The molecule has 29 heavy (non-hydrogen) atoms. The van der Waals surface area contributed by atoms with Gasteiger partial charge in [0.15, 0.2) is 11.6 Å². The molecule has 2 aromatic heterocycles. The number of pyridine rings is 1. The first-order valence-corrected chi connectivity index (χ1v) is 9.31. The second-order valence-electron chi connectivity index (χ2n) is 6.41. The van der Waals surface area contributed by atoms with Crippen LogP contribution in [0.5, 0.6) is 5.75 Å². The molecule has 1 aromatic carbocycles. The molecular weight excluding hydrogens is 486 g/mol. The number of ether oxygens (including phenoxy) is 1. The van der Waals surface area contributed by atoms with E-state index in [1.807, 2.05) is 35.7 Å².